The third-order valence-electron chi connectivity index (χ3n) is 6.94. The minimum Gasteiger partial charge on any atom is -0.317 e. The van der Waals surface area contributed by atoms with Crippen molar-refractivity contribution < 1.29 is 0 Å². The molecular weight excluding hydrogens is 246 g/mol. The zero-order chi connectivity index (χ0) is 13.7. The average Bonchev–Trinajstić information content (AvgIpc) is 2.46. The predicted octanol–water partition coefficient (Wildman–Crippen LogP) is 2.39. The Balaban J connectivity index is 1.59. The van der Waals surface area contributed by atoms with Gasteiger partial charge in [0.15, 0.2) is 0 Å². The molecule has 0 atom stereocenters. The molecule has 1 heterocycles. The number of hydrogen-bond donors (Lipinski definition) is 1. The molecule has 0 aromatic carbocycles. The maximum atomic E-state index is 9.85. The minimum absolute atomic E-state index is 0.189. The van der Waals surface area contributed by atoms with Gasteiger partial charge in [-0.3, -0.25) is 4.90 Å². The number of nitriles is 1. The van der Waals surface area contributed by atoms with E-state index in [0.29, 0.717) is 6.04 Å². The summed E-state index contributed by atoms with van der Waals surface area (Å²) in [4.78, 5) is 2.54. The van der Waals surface area contributed by atoms with Gasteiger partial charge in [0.2, 0.25) is 0 Å². The van der Waals surface area contributed by atoms with Crippen LogP contribution in [0.1, 0.15) is 44.9 Å². The number of nitrogens with zero attached hydrogens (tertiary/aromatic N) is 2. The van der Waals surface area contributed by atoms with Gasteiger partial charge in [-0.2, -0.15) is 5.26 Å². The molecule has 3 nitrogen and oxygen atoms in total. The van der Waals surface area contributed by atoms with Crippen LogP contribution in [0.4, 0.5) is 0 Å². The van der Waals surface area contributed by atoms with Gasteiger partial charge in [0.1, 0.15) is 5.54 Å². The van der Waals surface area contributed by atoms with Crippen LogP contribution < -0.4 is 5.32 Å². The summed E-state index contributed by atoms with van der Waals surface area (Å²) in [6.45, 7) is 2.01. The van der Waals surface area contributed by atoms with Crippen molar-refractivity contribution in [1.82, 2.24) is 10.2 Å². The third-order valence-corrected chi connectivity index (χ3v) is 6.94. The van der Waals surface area contributed by atoms with Crippen LogP contribution in [-0.4, -0.2) is 36.6 Å². The summed E-state index contributed by atoms with van der Waals surface area (Å²) in [6, 6.07) is 3.41. The van der Waals surface area contributed by atoms with E-state index in [4.69, 9.17) is 0 Å². The number of rotatable bonds is 2. The van der Waals surface area contributed by atoms with Gasteiger partial charge in [-0.1, -0.05) is 0 Å². The van der Waals surface area contributed by atoms with E-state index in [9.17, 15) is 5.26 Å². The first-order valence-corrected chi connectivity index (χ1v) is 8.57. The molecule has 1 saturated heterocycles. The van der Waals surface area contributed by atoms with Crippen molar-refractivity contribution in [2.45, 2.75) is 56.5 Å². The van der Waals surface area contributed by atoms with Gasteiger partial charge >= 0.3 is 0 Å². The maximum absolute atomic E-state index is 9.85. The van der Waals surface area contributed by atoms with E-state index in [0.717, 1.165) is 49.6 Å². The lowest BCUT2D eigenvalue weighted by atomic mass is 9.53. The molecule has 0 aromatic rings. The highest BCUT2D eigenvalue weighted by atomic mass is 15.2. The highest BCUT2D eigenvalue weighted by Crippen LogP contribution is 2.56. The van der Waals surface area contributed by atoms with Crippen molar-refractivity contribution >= 4 is 0 Å². The molecular formula is C17H27N3. The third kappa shape index (κ3) is 1.84. The molecule has 1 aliphatic heterocycles. The second-order valence-corrected chi connectivity index (χ2v) is 7.93. The van der Waals surface area contributed by atoms with Gasteiger partial charge in [0.25, 0.3) is 0 Å². The van der Waals surface area contributed by atoms with Crippen molar-refractivity contribution in [3.63, 3.8) is 0 Å². The molecule has 5 rings (SSSR count). The molecule has 5 aliphatic rings. The Kier molecular flexibility index (Phi) is 3.09. The Morgan fingerprint density at radius 2 is 1.55 bits per heavy atom. The van der Waals surface area contributed by atoms with Gasteiger partial charge in [-0.15, -0.1) is 0 Å². The van der Waals surface area contributed by atoms with Crippen molar-refractivity contribution in [2.24, 2.45) is 23.7 Å². The van der Waals surface area contributed by atoms with Crippen LogP contribution in [0.3, 0.4) is 0 Å². The van der Waals surface area contributed by atoms with Crippen LogP contribution >= 0.6 is 0 Å². The minimum atomic E-state index is -0.189. The van der Waals surface area contributed by atoms with Crippen molar-refractivity contribution in [3.05, 3.63) is 0 Å². The zero-order valence-electron chi connectivity index (χ0n) is 12.6. The molecule has 3 heteroatoms. The normalized spacial score (nSPS) is 45.5. The Morgan fingerprint density at radius 3 is 2.05 bits per heavy atom. The smallest absolute Gasteiger partial charge is 0.111 e. The van der Waals surface area contributed by atoms with E-state index in [1.54, 1.807) is 0 Å². The molecule has 110 valence electrons. The summed E-state index contributed by atoms with van der Waals surface area (Å²) in [7, 11) is 2.27. The van der Waals surface area contributed by atoms with Crippen LogP contribution in [0.2, 0.25) is 0 Å². The first-order chi connectivity index (χ1) is 9.72. The van der Waals surface area contributed by atoms with E-state index in [1.807, 2.05) is 0 Å². The van der Waals surface area contributed by atoms with E-state index in [2.05, 4.69) is 23.3 Å². The van der Waals surface area contributed by atoms with E-state index in [1.165, 1.54) is 32.1 Å². The molecule has 0 radical (unpaired) electrons. The maximum Gasteiger partial charge on any atom is 0.111 e. The molecule has 0 spiro atoms. The van der Waals surface area contributed by atoms with Gasteiger partial charge in [0, 0.05) is 6.04 Å². The van der Waals surface area contributed by atoms with Crippen molar-refractivity contribution in [2.75, 3.05) is 20.1 Å². The van der Waals surface area contributed by atoms with Crippen LogP contribution in [0, 0.1) is 35.0 Å². The quantitative estimate of drug-likeness (QED) is 0.839. The van der Waals surface area contributed by atoms with Crippen LogP contribution in [0.5, 0.6) is 0 Å². The van der Waals surface area contributed by atoms with Crippen LogP contribution in [-0.2, 0) is 0 Å². The van der Waals surface area contributed by atoms with Gasteiger partial charge < -0.3 is 5.32 Å². The van der Waals surface area contributed by atoms with Gasteiger partial charge in [-0.05, 0) is 88.8 Å². The van der Waals surface area contributed by atoms with E-state index >= 15 is 0 Å². The second-order valence-electron chi connectivity index (χ2n) is 7.93. The van der Waals surface area contributed by atoms with Crippen LogP contribution in [0.15, 0.2) is 0 Å². The monoisotopic (exact) mass is 273 g/mol. The summed E-state index contributed by atoms with van der Waals surface area (Å²) in [5.74, 6) is 3.81. The standard InChI is InChI=1S/C17H27N3/c1-20(17(11-18)2-4-19-5-3-17)16-14-7-12-6-13(9-14)10-15(16)8-12/h12-16,19H,2-10H2,1H3. The van der Waals surface area contributed by atoms with E-state index < -0.39 is 0 Å². The molecule has 5 fully saturated rings. The summed E-state index contributed by atoms with van der Waals surface area (Å²) >= 11 is 0. The Morgan fingerprint density at radius 1 is 1.00 bits per heavy atom. The molecule has 0 aromatic heterocycles. The topological polar surface area (TPSA) is 39.1 Å². The molecule has 1 N–H and O–H groups in total. The summed E-state index contributed by atoms with van der Waals surface area (Å²) in [5.41, 5.74) is -0.189. The first-order valence-electron chi connectivity index (χ1n) is 8.57. The molecule has 0 amide bonds. The van der Waals surface area contributed by atoms with Crippen LogP contribution in [0.25, 0.3) is 0 Å². The van der Waals surface area contributed by atoms with Crippen molar-refractivity contribution in [3.8, 4) is 6.07 Å². The molecule has 4 saturated carbocycles. The Labute approximate surface area is 122 Å². The van der Waals surface area contributed by atoms with Crippen molar-refractivity contribution in [1.29, 1.82) is 5.26 Å². The lowest BCUT2D eigenvalue weighted by Gasteiger charge is -2.59. The molecule has 20 heavy (non-hydrogen) atoms. The second kappa shape index (κ2) is 4.71. The largest absolute Gasteiger partial charge is 0.317 e. The van der Waals surface area contributed by atoms with E-state index in [-0.39, 0.29) is 5.54 Å². The summed E-state index contributed by atoms with van der Waals surface area (Å²) in [5, 5.41) is 13.3. The Bertz CT molecular complexity index is 390. The first kappa shape index (κ1) is 13.1. The SMILES string of the molecule is CN(C1C2CC3CC(C2)CC1C3)C1(C#N)CCNCC1. The summed E-state index contributed by atoms with van der Waals surface area (Å²) < 4.78 is 0. The Hall–Kier alpha value is -0.590. The number of hydrogen-bond acceptors (Lipinski definition) is 3. The van der Waals surface area contributed by atoms with Gasteiger partial charge in [0.05, 0.1) is 6.07 Å². The zero-order valence-corrected chi connectivity index (χ0v) is 12.6. The molecule has 4 bridgehead atoms. The predicted molar refractivity (Wildman–Crippen MR) is 79.0 cm³/mol. The fourth-order valence-corrected chi connectivity index (χ4v) is 6.20. The lowest BCUT2D eigenvalue weighted by Crippen LogP contribution is -2.63. The highest BCUT2D eigenvalue weighted by molar-refractivity contribution is 5.14. The number of nitrogens with one attached hydrogen (secondary N) is 1. The lowest BCUT2D eigenvalue weighted by molar-refractivity contribution is -0.0853. The molecule has 4 aliphatic carbocycles. The fraction of sp³-hybridized carbons (Fsp3) is 0.941. The van der Waals surface area contributed by atoms with Gasteiger partial charge in [-0.25, -0.2) is 0 Å². The summed E-state index contributed by atoms with van der Waals surface area (Å²) in [6.07, 6.45) is 9.30. The molecule has 0 unspecified atom stereocenters. The number of piperidine rings is 1. The average molecular weight is 273 g/mol. The fourth-order valence-electron chi connectivity index (χ4n) is 6.20. The highest BCUT2D eigenvalue weighted by Gasteiger charge is 2.53.